The standard InChI is InChI=1S/C9H8O4.C4H6N2.C3H6O2/c1-5-6(8(10)11)3-2-4-7(5)9(12)13;1-4-2-3-5-6-4;1-2-5-3-4/h2-4H,1H3,(H,10,11)(H,12,13);2-3H,1H3,(H,5,6);3H,2H2,1H3. The van der Waals surface area contributed by atoms with Crippen LogP contribution in [0.15, 0.2) is 30.5 Å². The monoisotopic (exact) mass is 336 g/mol. The van der Waals surface area contributed by atoms with Crippen molar-refractivity contribution in [1.29, 1.82) is 0 Å². The van der Waals surface area contributed by atoms with E-state index in [0.29, 0.717) is 13.1 Å². The quantitative estimate of drug-likeness (QED) is 0.730. The molecule has 0 unspecified atom stereocenters. The Morgan fingerprint density at radius 1 is 1.17 bits per heavy atom. The zero-order chi connectivity index (χ0) is 18.5. The molecule has 0 radical (unpaired) electrons. The Morgan fingerprint density at radius 3 is 1.92 bits per heavy atom. The highest BCUT2D eigenvalue weighted by Gasteiger charge is 2.13. The molecule has 8 heteroatoms. The molecule has 0 atom stereocenters. The van der Waals surface area contributed by atoms with Crippen molar-refractivity contribution >= 4 is 18.4 Å². The molecule has 130 valence electrons. The number of benzene rings is 1. The molecule has 1 heterocycles. The summed E-state index contributed by atoms with van der Waals surface area (Å²) in [6.45, 7) is 6.11. The van der Waals surface area contributed by atoms with Gasteiger partial charge in [-0.15, -0.1) is 0 Å². The Morgan fingerprint density at radius 2 is 1.71 bits per heavy atom. The van der Waals surface area contributed by atoms with Crippen LogP contribution in [-0.2, 0) is 9.53 Å². The van der Waals surface area contributed by atoms with Gasteiger partial charge in [-0.1, -0.05) is 6.07 Å². The summed E-state index contributed by atoms with van der Waals surface area (Å²) < 4.78 is 4.15. The lowest BCUT2D eigenvalue weighted by atomic mass is 10.0. The van der Waals surface area contributed by atoms with Crippen LogP contribution in [0, 0.1) is 13.8 Å². The molecular formula is C16H20N2O6. The third-order valence-electron chi connectivity index (χ3n) is 2.67. The number of aromatic carboxylic acids is 2. The minimum atomic E-state index is -1.11. The SMILES string of the molecule is CCOC=O.Cc1c(C(=O)O)cccc1C(=O)O.Cc1ccn[nH]1. The summed E-state index contributed by atoms with van der Waals surface area (Å²) in [6, 6.07) is 6.09. The number of carbonyl (C=O) groups is 3. The van der Waals surface area contributed by atoms with Crippen LogP contribution in [0.2, 0.25) is 0 Å². The molecule has 0 aliphatic heterocycles. The van der Waals surface area contributed by atoms with Crippen molar-refractivity contribution < 1.29 is 29.3 Å². The number of hydrogen-bond donors (Lipinski definition) is 3. The van der Waals surface area contributed by atoms with Gasteiger partial charge in [0.15, 0.2) is 0 Å². The number of carbonyl (C=O) groups excluding carboxylic acids is 1. The number of nitrogens with one attached hydrogen (secondary N) is 1. The van der Waals surface area contributed by atoms with E-state index >= 15 is 0 Å². The van der Waals surface area contributed by atoms with Gasteiger partial charge in [0.25, 0.3) is 6.47 Å². The minimum absolute atomic E-state index is 0.0277. The molecule has 0 aliphatic carbocycles. The molecule has 0 bridgehead atoms. The molecule has 2 rings (SSSR count). The fraction of sp³-hybridized carbons (Fsp3) is 0.250. The molecule has 8 nitrogen and oxygen atoms in total. The van der Waals surface area contributed by atoms with Crippen LogP contribution in [0.25, 0.3) is 0 Å². The first-order chi connectivity index (χ1) is 11.3. The van der Waals surface area contributed by atoms with Crippen molar-refractivity contribution in [3.8, 4) is 0 Å². The Balaban J connectivity index is 0.000000397. The number of rotatable bonds is 4. The van der Waals surface area contributed by atoms with Crippen molar-refractivity contribution in [3.63, 3.8) is 0 Å². The van der Waals surface area contributed by atoms with E-state index in [0.717, 1.165) is 5.69 Å². The lowest BCUT2D eigenvalue weighted by Gasteiger charge is -2.03. The van der Waals surface area contributed by atoms with E-state index in [1.54, 1.807) is 13.1 Å². The smallest absolute Gasteiger partial charge is 0.335 e. The van der Waals surface area contributed by atoms with E-state index in [1.807, 2.05) is 13.0 Å². The topological polar surface area (TPSA) is 130 Å². The third-order valence-corrected chi connectivity index (χ3v) is 2.67. The highest BCUT2D eigenvalue weighted by atomic mass is 16.5. The van der Waals surface area contributed by atoms with Gasteiger partial charge in [0, 0.05) is 11.9 Å². The summed E-state index contributed by atoms with van der Waals surface area (Å²) in [5.41, 5.74) is 1.44. The first-order valence-electron chi connectivity index (χ1n) is 6.92. The van der Waals surface area contributed by atoms with Crippen molar-refractivity contribution in [3.05, 3.63) is 52.8 Å². The zero-order valence-corrected chi connectivity index (χ0v) is 13.6. The van der Waals surface area contributed by atoms with E-state index in [-0.39, 0.29) is 16.7 Å². The van der Waals surface area contributed by atoms with Gasteiger partial charge < -0.3 is 14.9 Å². The average Bonchev–Trinajstić information content (AvgIpc) is 3.00. The average molecular weight is 336 g/mol. The number of carboxylic acid groups (broad SMARTS) is 2. The van der Waals surface area contributed by atoms with Gasteiger partial charge in [0.1, 0.15) is 0 Å². The van der Waals surface area contributed by atoms with E-state index in [2.05, 4.69) is 14.9 Å². The van der Waals surface area contributed by atoms with Gasteiger partial charge in [0.2, 0.25) is 0 Å². The summed E-state index contributed by atoms with van der Waals surface area (Å²) in [6.07, 6.45) is 1.73. The van der Waals surface area contributed by atoms with Crippen molar-refractivity contribution in [2.75, 3.05) is 6.61 Å². The van der Waals surface area contributed by atoms with Crippen LogP contribution >= 0.6 is 0 Å². The second kappa shape index (κ2) is 11.4. The Labute approximate surface area is 139 Å². The zero-order valence-electron chi connectivity index (χ0n) is 13.6. The molecule has 0 saturated carbocycles. The number of aryl methyl sites for hydroxylation is 1. The number of H-pyrrole nitrogens is 1. The Bertz CT molecular complexity index is 620. The molecule has 0 saturated heterocycles. The van der Waals surface area contributed by atoms with Gasteiger partial charge in [0.05, 0.1) is 17.7 Å². The van der Waals surface area contributed by atoms with Crippen molar-refractivity contribution in [1.82, 2.24) is 10.2 Å². The Hall–Kier alpha value is -3.16. The fourth-order valence-corrected chi connectivity index (χ4v) is 1.49. The van der Waals surface area contributed by atoms with Gasteiger partial charge in [-0.25, -0.2) is 9.59 Å². The molecular weight excluding hydrogens is 316 g/mol. The van der Waals surface area contributed by atoms with E-state index in [1.165, 1.54) is 25.1 Å². The van der Waals surface area contributed by atoms with E-state index < -0.39 is 11.9 Å². The van der Waals surface area contributed by atoms with Crippen LogP contribution in [0.4, 0.5) is 0 Å². The first-order valence-corrected chi connectivity index (χ1v) is 6.92. The lowest BCUT2D eigenvalue weighted by molar-refractivity contribution is -0.128. The van der Waals surface area contributed by atoms with Crippen LogP contribution in [-0.4, -0.2) is 45.4 Å². The normalized spacial score (nSPS) is 8.79. The maximum absolute atomic E-state index is 10.6. The maximum atomic E-state index is 10.6. The Kier molecular flexibility index (Phi) is 9.91. The van der Waals surface area contributed by atoms with Gasteiger partial charge in [-0.05, 0) is 44.5 Å². The van der Waals surface area contributed by atoms with Crippen LogP contribution in [0.3, 0.4) is 0 Å². The van der Waals surface area contributed by atoms with Gasteiger partial charge in [-0.3, -0.25) is 9.89 Å². The number of aromatic amines is 1. The predicted octanol–water partition coefficient (Wildman–Crippen LogP) is 2.29. The number of hydrogen-bond acceptors (Lipinski definition) is 5. The summed E-state index contributed by atoms with van der Waals surface area (Å²) in [5.74, 6) is -2.22. The molecule has 1 aromatic heterocycles. The van der Waals surface area contributed by atoms with Gasteiger partial charge >= 0.3 is 11.9 Å². The number of aromatic nitrogens is 2. The van der Waals surface area contributed by atoms with E-state index in [4.69, 9.17) is 10.2 Å². The predicted molar refractivity (Wildman–Crippen MR) is 86.1 cm³/mol. The largest absolute Gasteiger partial charge is 0.478 e. The number of nitrogens with zero attached hydrogens (tertiary/aromatic N) is 1. The maximum Gasteiger partial charge on any atom is 0.335 e. The molecule has 1 aromatic carbocycles. The summed E-state index contributed by atoms with van der Waals surface area (Å²) in [5, 5.41) is 23.8. The highest BCUT2D eigenvalue weighted by molar-refractivity contribution is 5.96. The first kappa shape index (κ1) is 20.8. The summed E-state index contributed by atoms with van der Waals surface area (Å²) >= 11 is 0. The molecule has 0 amide bonds. The second-order valence-electron chi connectivity index (χ2n) is 4.38. The second-order valence-corrected chi connectivity index (χ2v) is 4.38. The lowest BCUT2D eigenvalue weighted by Crippen LogP contribution is -2.06. The molecule has 24 heavy (non-hydrogen) atoms. The van der Waals surface area contributed by atoms with Crippen LogP contribution in [0.5, 0.6) is 0 Å². The highest BCUT2D eigenvalue weighted by Crippen LogP contribution is 2.13. The molecule has 3 N–H and O–H groups in total. The van der Waals surface area contributed by atoms with Gasteiger partial charge in [-0.2, -0.15) is 5.10 Å². The minimum Gasteiger partial charge on any atom is -0.478 e. The number of ether oxygens (including phenoxy) is 1. The fourth-order valence-electron chi connectivity index (χ4n) is 1.49. The third kappa shape index (κ3) is 7.74. The van der Waals surface area contributed by atoms with E-state index in [9.17, 15) is 14.4 Å². The molecule has 0 fully saturated rings. The molecule has 0 spiro atoms. The summed E-state index contributed by atoms with van der Waals surface area (Å²) in [4.78, 5) is 30.4. The van der Waals surface area contributed by atoms with Crippen LogP contribution < -0.4 is 0 Å². The van der Waals surface area contributed by atoms with Crippen molar-refractivity contribution in [2.24, 2.45) is 0 Å². The van der Waals surface area contributed by atoms with Crippen LogP contribution in [0.1, 0.15) is 38.9 Å². The van der Waals surface area contributed by atoms with Crippen molar-refractivity contribution in [2.45, 2.75) is 20.8 Å². The summed E-state index contributed by atoms with van der Waals surface area (Å²) in [7, 11) is 0. The molecule has 2 aromatic rings. The molecule has 0 aliphatic rings. The number of carboxylic acids is 2.